The minimum absolute atomic E-state index is 0.0454. The number of ether oxygens (including phenoxy) is 2. The summed E-state index contributed by atoms with van der Waals surface area (Å²) in [6.45, 7) is 2.40. The standard InChI is InChI=1S/C8H11ClN2O2/c1-6(5-12-2)13-7-3-4-10-8(9)11-7/h3-4,6H,5H2,1-2H3. The van der Waals surface area contributed by atoms with Crippen LogP contribution in [0.5, 0.6) is 5.88 Å². The number of nitrogens with zero attached hydrogens (tertiary/aromatic N) is 2. The maximum Gasteiger partial charge on any atom is 0.225 e. The topological polar surface area (TPSA) is 44.2 Å². The summed E-state index contributed by atoms with van der Waals surface area (Å²) in [7, 11) is 1.62. The number of aromatic nitrogens is 2. The van der Waals surface area contributed by atoms with E-state index < -0.39 is 0 Å². The fraction of sp³-hybridized carbons (Fsp3) is 0.500. The van der Waals surface area contributed by atoms with Crippen LogP contribution in [0.25, 0.3) is 0 Å². The van der Waals surface area contributed by atoms with E-state index in [1.165, 1.54) is 0 Å². The van der Waals surface area contributed by atoms with Gasteiger partial charge in [0.2, 0.25) is 11.2 Å². The molecule has 72 valence electrons. The summed E-state index contributed by atoms with van der Waals surface area (Å²) < 4.78 is 10.3. The molecule has 0 radical (unpaired) electrons. The number of rotatable bonds is 4. The Kier molecular flexibility index (Phi) is 3.92. The van der Waals surface area contributed by atoms with Crippen molar-refractivity contribution in [2.24, 2.45) is 0 Å². The van der Waals surface area contributed by atoms with E-state index in [4.69, 9.17) is 21.1 Å². The maximum absolute atomic E-state index is 5.57. The molecule has 0 N–H and O–H groups in total. The van der Waals surface area contributed by atoms with Gasteiger partial charge in [0.1, 0.15) is 6.10 Å². The van der Waals surface area contributed by atoms with E-state index in [9.17, 15) is 0 Å². The van der Waals surface area contributed by atoms with E-state index in [1.807, 2.05) is 6.92 Å². The molecule has 0 fully saturated rings. The van der Waals surface area contributed by atoms with Crippen LogP contribution in [0, 0.1) is 0 Å². The summed E-state index contributed by atoms with van der Waals surface area (Å²) in [6.07, 6.45) is 1.50. The first-order valence-corrected chi connectivity index (χ1v) is 4.24. The minimum atomic E-state index is -0.0454. The van der Waals surface area contributed by atoms with E-state index in [-0.39, 0.29) is 11.4 Å². The van der Waals surface area contributed by atoms with Gasteiger partial charge in [0.05, 0.1) is 6.61 Å². The summed E-state index contributed by atoms with van der Waals surface area (Å²) in [5.41, 5.74) is 0. The van der Waals surface area contributed by atoms with Crippen molar-refractivity contribution in [2.45, 2.75) is 13.0 Å². The lowest BCUT2D eigenvalue weighted by Gasteiger charge is -2.11. The van der Waals surface area contributed by atoms with Gasteiger partial charge in [-0.25, -0.2) is 4.98 Å². The van der Waals surface area contributed by atoms with Gasteiger partial charge in [-0.3, -0.25) is 0 Å². The third-order valence-corrected chi connectivity index (χ3v) is 1.51. The Morgan fingerprint density at radius 3 is 3.00 bits per heavy atom. The molecule has 0 spiro atoms. The van der Waals surface area contributed by atoms with Crippen LogP contribution < -0.4 is 4.74 Å². The second kappa shape index (κ2) is 4.99. The molecule has 1 unspecified atom stereocenters. The van der Waals surface area contributed by atoms with E-state index in [0.29, 0.717) is 12.5 Å². The van der Waals surface area contributed by atoms with E-state index in [0.717, 1.165) is 0 Å². The SMILES string of the molecule is COCC(C)Oc1ccnc(Cl)n1. The molecular weight excluding hydrogens is 192 g/mol. The van der Waals surface area contributed by atoms with Crippen LogP contribution in [0.1, 0.15) is 6.92 Å². The molecule has 1 rings (SSSR count). The lowest BCUT2D eigenvalue weighted by Crippen LogP contribution is -2.18. The highest BCUT2D eigenvalue weighted by molar-refractivity contribution is 6.28. The summed E-state index contributed by atoms with van der Waals surface area (Å²) >= 11 is 5.57. The van der Waals surface area contributed by atoms with Crippen molar-refractivity contribution in [1.82, 2.24) is 9.97 Å². The fourth-order valence-corrected chi connectivity index (χ4v) is 1.000. The van der Waals surface area contributed by atoms with Gasteiger partial charge in [-0.1, -0.05) is 0 Å². The Labute approximate surface area is 81.9 Å². The van der Waals surface area contributed by atoms with Crippen LogP contribution in [-0.2, 0) is 4.74 Å². The van der Waals surface area contributed by atoms with Gasteiger partial charge in [-0.05, 0) is 18.5 Å². The lowest BCUT2D eigenvalue weighted by atomic mass is 10.4. The normalized spacial score (nSPS) is 12.5. The largest absolute Gasteiger partial charge is 0.472 e. The Bertz CT molecular complexity index is 270. The first-order chi connectivity index (χ1) is 6.22. The number of hydrogen-bond acceptors (Lipinski definition) is 4. The van der Waals surface area contributed by atoms with Crippen molar-refractivity contribution in [3.05, 3.63) is 17.5 Å². The van der Waals surface area contributed by atoms with Crippen molar-refractivity contribution in [3.63, 3.8) is 0 Å². The number of hydrogen-bond donors (Lipinski definition) is 0. The van der Waals surface area contributed by atoms with Crippen molar-refractivity contribution < 1.29 is 9.47 Å². The molecule has 1 heterocycles. The average molecular weight is 203 g/mol. The molecule has 4 nitrogen and oxygen atoms in total. The number of halogens is 1. The highest BCUT2D eigenvalue weighted by atomic mass is 35.5. The molecule has 13 heavy (non-hydrogen) atoms. The molecule has 0 saturated heterocycles. The quantitative estimate of drug-likeness (QED) is 0.695. The zero-order valence-corrected chi connectivity index (χ0v) is 8.28. The maximum atomic E-state index is 5.57. The van der Waals surface area contributed by atoms with E-state index >= 15 is 0 Å². The molecule has 5 heteroatoms. The van der Waals surface area contributed by atoms with Crippen LogP contribution in [0.4, 0.5) is 0 Å². The van der Waals surface area contributed by atoms with Gasteiger partial charge in [0.15, 0.2) is 0 Å². The zero-order valence-electron chi connectivity index (χ0n) is 7.53. The van der Waals surface area contributed by atoms with Crippen LogP contribution in [0.2, 0.25) is 5.28 Å². The first kappa shape index (κ1) is 10.2. The molecule has 1 atom stereocenters. The summed E-state index contributed by atoms with van der Waals surface area (Å²) in [5.74, 6) is 0.463. The average Bonchev–Trinajstić information content (AvgIpc) is 2.04. The molecule has 0 aliphatic rings. The van der Waals surface area contributed by atoms with Crippen molar-refractivity contribution >= 4 is 11.6 Å². The minimum Gasteiger partial charge on any atom is -0.472 e. The Morgan fingerprint density at radius 2 is 2.38 bits per heavy atom. The summed E-state index contributed by atoms with van der Waals surface area (Å²) in [5, 5.41) is 0.183. The van der Waals surface area contributed by atoms with Gasteiger partial charge in [-0.15, -0.1) is 0 Å². The third-order valence-electron chi connectivity index (χ3n) is 1.32. The van der Waals surface area contributed by atoms with Gasteiger partial charge in [0, 0.05) is 19.4 Å². The van der Waals surface area contributed by atoms with Crippen LogP contribution >= 0.6 is 11.6 Å². The van der Waals surface area contributed by atoms with Crippen molar-refractivity contribution in [1.29, 1.82) is 0 Å². The molecule has 0 aliphatic carbocycles. The van der Waals surface area contributed by atoms with Gasteiger partial charge in [0.25, 0.3) is 0 Å². The van der Waals surface area contributed by atoms with Crippen LogP contribution in [0.15, 0.2) is 12.3 Å². The summed E-state index contributed by atoms with van der Waals surface area (Å²) in [4.78, 5) is 7.61. The smallest absolute Gasteiger partial charge is 0.225 e. The van der Waals surface area contributed by atoms with Crippen LogP contribution in [-0.4, -0.2) is 29.8 Å². The first-order valence-electron chi connectivity index (χ1n) is 3.86. The fourth-order valence-electron chi connectivity index (χ4n) is 0.860. The Balaban J connectivity index is 2.53. The molecule has 0 aromatic carbocycles. The molecule has 1 aromatic heterocycles. The van der Waals surface area contributed by atoms with Gasteiger partial charge < -0.3 is 9.47 Å². The predicted molar refractivity (Wildman–Crippen MR) is 49.0 cm³/mol. The highest BCUT2D eigenvalue weighted by Crippen LogP contribution is 2.10. The van der Waals surface area contributed by atoms with Crippen molar-refractivity contribution in [2.75, 3.05) is 13.7 Å². The molecular formula is C8H11ClN2O2. The third kappa shape index (κ3) is 3.57. The molecule has 1 aromatic rings. The number of methoxy groups -OCH3 is 1. The highest BCUT2D eigenvalue weighted by Gasteiger charge is 2.04. The molecule has 0 bridgehead atoms. The monoisotopic (exact) mass is 202 g/mol. The van der Waals surface area contributed by atoms with Gasteiger partial charge in [-0.2, -0.15) is 4.98 Å². The van der Waals surface area contributed by atoms with Crippen molar-refractivity contribution in [3.8, 4) is 5.88 Å². The molecule has 0 aliphatic heterocycles. The summed E-state index contributed by atoms with van der Waals surface area (Å²) in [6, 6.07) is 1.65. The molecule has 0 saturated carbocycles. The Morgan fingerprint density at radius 1 is 1.62 bits per heavy atom. The van der Waals surface area contributed by atoms with E-state index in [2.05, 4.69) is 9.97 Å². The Hall–Kier alpha value is -0.870. The molecule has 0 amide bonds. The second-order valence-electron chi connectivity index (χ2n) is 2.55. The zero-order chi connectivity index (χ0) is 9.68. The van der Waals surface area contributed by atoms with Crippen LogP contribution in [0.3, 0.4) is 0 Å². The van der Waals surface area contributed by atoms with Gasteiger partial charge >= 0.3 is 0 Å². The predicted octanol–water partition coefficient (Wildman–Crippen LogP) is 1.54. The second-order valence-corrected chi connectivity index (χ2v) is 2.89. The van der Waals surface area contributed by atoms with E-state index in [1.54, 1.807) is 19.4 Å². The lowest BCUT2D eigenvalue weighted by molar-refractivity contribution is 0.0889.